The largest absolute Gasteiger partial charge is 0.296 e. The van der Waals surface area contributed by atoms with E-state index in [-0.39, 0.29) is 0 Å². The molecule has 1 aliphatic carbocycles. The molecule has 1 aliphatic heterocycles. The van der Waals surface area contributed by atoms with Gasteiger partial charge >= 0.3 is 0 Å². The zero-order chi connectivity index (χ0) is 9.10. The van der Waals surface area contributed by atoms with Crippen LogP contribution in [-0.4, -0.2) is 24.0 Å². The first-order valence-electron chi connectivity index (χ1n) is 5.77. The highest BCUT2D eigenvalue weighted by molar-refractivity contribution is 4.93. The predicted octanol–water partition coefficient (Wildman–Crippen LogP) is 2.83. The molecular formula is C12H21N. The van der Waals surface area contributed by atoms with Crippen LogP contribution in [0.15, 0.2) is 12.2 Å². The van der Waals surface area contributed by atoms with Gasteiger partial charge in [0.05, 0.1) is 0 Å². The van der Waals surface area contributed by atoms with Gasteiger partial charge in [0.2, 0.25) is 0 Å². The Hall–Kier alpha value is -0.300. The summed E-state index contributed by atoms with van der Waals surface area (Å²) in [6.07, 6.45) is 11.8. The Morgan fingerprint density at radius 1 is 1.23 bits per heavy atom. The van der Waals surface area contributed by atoms with Gasteiger partial charge in [-0.1, -0.05) is 25.0 Å². The Kier molecular flexibility index (Phi) is 3.05. The lowest BCUT2D eigenvalue weighted by Crippen LogP contribution is -2.34. The molecular weight excluding hydrogens is 158 g/mol. The quantitative estimate of drug-likeness (QED) is 0.589. The lowest BCUT2D eigenvalue weighted by atomic mass is 9.85. The molecule has 2 fully saturated rings. The fourth-order valence-corrected chi connectivity index (χ4v) is 2.97. The van der Waals surface area contributed by atoms with Crippen LogP contribution in [0.4, 0.5) is 0 Å². The molecule has 0 bridgehead atoms. The molecule has 1 saturated carbocycles. The molecule has 0 aromatic heterocycles. The summed E-state index contributed by atoms with van der Waals surface area (Å²) >= 11 is 0. The van der Waals surface area contributed by atoms with E-state index in [4.69, 9.17) is 0 Å². The van der Waals surface area contributed by atoms with Crippen LogP contribution in [0, 0.1) is 5.92 Å². The van der Waals surface area contributed by atoms with Crippen molar-refractivity contribution in [3.05, 3.63) is 12.2 Å². The number of fused-ring (bicyclic) bond motifs is 1. The van der Waals surface area contributed by atoms with Crippen LogP contribution in [0.25, 0.3) is 0 Å². The van der Waals surface area contributed by atoms with E-state index in [0.717, 1.165) is 12.0 Å². The van der Waals surface area contributed by atoms with Gasteiger partial charge in [0.15, 0.2) is 0 Å². The van der Waals surface area contributed by atoms with E-state index in [1.54, 1.807) is 0 Å². The van der Waals surface area contributed by atoms with E-state index in [2.05, 4.69) is 24.0 Å². The summed E-state index contributed by atoms with van der Waals surface area (Å²) in [4.78, 5) is 2.68. The van der Waals surface area contributed by atoms with Crippen LogP contribution < -0.4 is 0 Å². The minimum absolute atomic E-state index is 0.935. The second kappa shape index (κ2) is 4.28. The summed E-state index contributed by atoms with van der Waals surface area (Å²) in [6.45, 7) is 4.66. The molecule has 13 heavy (non-hydrogen) atoms. The van der Waals surface area contributed by atoms with E-state index in [0.29, 0.717) is 0 Å². The van der Waals surface area contributed by atoms with Crippen molar-refractivity contribution < 1.29 is 0 Å². The average Bonchev–Trinajstić information content (AvgIpc) is 2.58. The molecule has 2 atom stereocenters. The van der Waals surface area contributed by atoms with Crippen LogP contribution in [0.3, 0.4) is 0 Å². The Bertz CT molecular complexity index is 186. The third-order valence-electron chi connectivity index (χ3n) is 3.70. The van der Waals surface area contributed by atoms with Gasteiger partial charge in [-0.15, -0.1) is 0 Å². The van der Waals surface area contributed by atoms with Gasteiger partial charge in [-0.05, 0) is 38.6 Å². The average molecular weight is 179 g/mol. The summed E-state index contributed by atoms with van der Waals surface area (Å²) in [7, 11) is 0. The third-order valence-corrected chi connectivity index (χ3v) is 3.70. The van der Waals surface area contributed by atoms with Gasteiger partial charge in [0.1, 0.15) is 0 Å². The minimum atomic E-state index is 0.935. The van der Waals surface area contributed by atoms with Gasteiger partial charge in [-0.25, -0.2) is 0 Å². The Morgan fingerprint density at radius 3 is 2.92 bits per heavy atom. The second-order valence-electron chi connectivity index (χ2n) is 4.46. The highest BCUT2D eigenvalue weighted by Gasteiger charge is 2.34. The maximum Gasteiger partial charge on any atom is 0.0166 e. The standard InChI is InChI=1S/C12H21N/c1-2-3-9-13-10-8-11-6-4-5-7-12(11)13/h2-3,11-12H,4-10H2,1H3/b3-2+. The van der Waals surface area contributed by atoms with Gasteiger partial charge in [0.25, 0.3) is 0 Å². The van der Waals surface area contributed by atoms with Gasteiger partial charge in [-0.3, -0.25) is 4.90 Å². The molecule has 2 aliphatic rings. The summed E-state index contributed by atoms with van der Waals surface area (Å²) in [5.41, 5.74) is 0. The normalized spacial score (nSPS) is 35.5. The zero-order valence-corrected chi connectivity index (χ0v) is 8.71. The molecule has 74 valence electrons. The molecule has 2 unspecified atom stereocenters. The van der Waals surface area contributed by atoms with Crippen LogP contribution in [0.2, 0.25) is 0 Å². The molecule has 2 rings (SSSR count). The molecule has 0 aromatic rings. The molecule has 0 aromatic carbocycles. The lowest BCUT2D eigenvalue weighted by Gasteiger charge is -2.30. The van der Waals surface area contributed by atoms with Gasteiger partial charge in [0, 0.05) is 12.6 Å². The highest BCUT2D eigenvalue weighted by atomic mass is 15.2. The van der Waals surface area contributed by atoms with E-state index in [9.17, 15) is 0 Å². The SMILES string of the molecule is C/C=C/CN1CCC2CCCCC21. The van der Waals surface area contributed by atoms with Crippen molar-refractivity contribution in [1.82, 2.24) is 4.90 Å². The smallest absolute Gasteiger partial charge is 0.0166 e. The van der Waals surface area contributed by atoms with Crippen LogP contribution in [-0.2, 0) is 0 Å². The topological polar surface area (TPSA) is 3.24 Å². The van der Waals surface area contributed by atoms with E-state index < -0.39 is 0 Å². The van der Waals surface area contributed by atoms with Crippen LogP contribution in [0.5, 0.6) is 0 Å². The molecule has 1 saturated heterocycles. The lowest BCUT2D eigenvalue weighted by molar-refractivity contribution is 0.198. The van der Waals surface area contributed by atoms with Gasteiger partial charge < -0.3 is 0 Å². The Balaban J connectivity index is 1.91. The maximum absolute atomic E-state index is 2.68. The fourth-order valence-electron chi connectivity index (χ4n) is 2.97. The molecule has 1 heteroatoms. The Labute approximate surface area is 81.8 Å². The highest BCUT2D eigenvalue weighted by Crippen LogP contribution is 2.35. The van der Waals surface area contributed by atoms with Crippen molar-refractivity contribution in [1.29, 1.82) is 0 Å². The number of hydrogen-bond donors (Lipinski definition) is 0. The molecule has 1 heterocycles. The number of nitrogens with zero attached hydrogens (tertiary/aromatic N) is 1. The summed E-state index contributed by atoms with van der Waals surface area (Å²) in [5.74, 6) is 1.04. The first-order chi connectivity index (χ1) is 6.42. The molecule has 0 N–H and O–H groups in total. The Morgan fingerprint density at radius 2 is 2.08 bits per heavy atom. The minimum Gasteiger partial charge on any atom is -0.296 e. The summed E-state index contributed by atoms with van der Waals surface area (Å²) in [5, 5.41) is 0. The molecule has 0 amide bonds. The van der Waals surface area contributed by atoms with Crippen molar-refractivity contribution in [3.8, 4) is 0 Å². The maximum atomic E-state index is 2.68. The monoisotopic (exact) mass is 179 g/mol. The first kappa shape index (κ1) is 9.26. The van der Waals surface area contributed by atoms with E-state index in [1.165, 1.54) is 45.2 Å². The van der Waals surface area contributed by atoms with E-state index >= 15 is 0 Å². The zero-order valence-electron chi connectivity index (χ0n) is 8.71. The molecule has 0 spiro atoms. The first-order valence-corrected chi connectivity index (χ1v) is 5.77. The van der Waals surface area contributed by atoms with Crippen molar-refractivity contribution in [2.45, 2.75) is 45.1 Å². The molecule has 1 nitrogen and oxygen atoms in total. The van der Waals surface area contributed by atoms with Crippen molar-refractivity contribution in [3.63, 3.8) is 0 Å². The number of hydrogen-bond acceptors (Lipinski definition) is 1. The second-order valence-corrected chi connectivity index (χ2v) is 4.46. The molecule has 0 radical (unpaired) electrons. The van der Waals surface area contributed by atoms with Crippen molar-refractivity contribution in [2.24, 2.45) is 5.92 Å². The number of rotatable bonds is 2. The third kappa shape index (κ3) is 1.96. The predicted molar refractivity (Wildman–Crippen MR) is 56.8 cm³/mol. The van der Waals surface area contributed by atoms with Crippen LogP contribution >= 0.6 is 0 Å². The van der Waals surface area contributed by atoms with Crippen LogP contribution in [0.1, 0.15) is 39.0 Å². The number of likely N-dealkylation sites (tertiary alicyclic amines) is 1. The van der Waals surface area contributed by atoms with Crippen molar-refractivity contribution >= 4 is 0 Å². The van der Waals surface area contributed by atoms with E-state index in [1.807, 2.05) is 0 Å². The van der Waals surface area contributed by atoms with Gasteiger partial charge in [-0.2, -0.15) is 0 Å². The summed E-state index contributed by atoms with van der Waals surface area (Å²) < 4.78 is 0. The van der Waals surface area contributed by atoms with Crippen molar-refractivity contribution in [2.75, 3.05) is 13.1 Å². The fraction of sp³-hybridized carbons (Fsp3) is 0.833. The number of allylic oxidation sites excluding steroid dienone is 1. The summed E-state index contributed by atoms with van der Waals surface area (Å²) in [6, 6.07) is 0.935.